The quantitative estimate of drug-likeness (QED) is 0.397. The zero-order valence-corrected chi connectivity index (χ0v) is 16.6. The average molecular weight is 429 g/mol. The Labute approximate surface area is 176 Å². The first kappa shape index (κ1) is 19.1. The molecule has 0 aliphatic carbocycles. The summed E-state index contributed by atoms with van der Waals surface area (Å²) in [6.45, 7) is 0. The summed E-state index contributed by atoms with van der Waals surface area (Å²) in [6, 6.07) is 13.6. The van der Waals surface area contributed by atoms with E-state index in [9.17, 15) is 14.7 Å². The van der Waals surface area contributed by atoms with Crippen molar-refractivity contribution < 1.29 is 19.4 Å². The number of benzene rings is 3. The molecular formula is C21H14Cl2N2O4. The highest BCUT2D eigenvalue weighted by atomic mass is 35.5. The zero-order chi connectivity index (χ0) is 20.7. The Morgan fingerprint density at radius 3 is 2.38 bits per heavy atom. The first-order valence-electron chi connectivity index (χ1n) is 8.55. The van der Waals surface area contributed by atoms with Gasteiger partial charge in [-0.15, -0.1) is 0 Å². The Bertz CT molecular complexity index is 1180. The maximum Gasteiger partial charge on any atom is 0.337 e. The molecule has 1 aliphatic heterocycles. The largest absolute Gasteiger partial charge is 0.478 e. The SMILES string of the molecule is CNC(=O)c1cc2c(c(C(=O)O)c1)Nc1ccc(-c3ccc(Cl)c(Cl)c3)cc1O2. The number of carbonyl (C=O) groups excluding carboxylic acids is 1. The van der Waals surface area contributed by atoms with Crippen molar-refractivity contribution in [3.8, 4) is 22.6 Å². The van der Waals surface area contributed by atoms with Crippen LogP contribution in [0, 0.1) is 0 Å². The molecule has 0 saturated carbocycles. The number of anilines is 2. The van der Waals surface area contributed by atoms with Gasteiger partial charge in [0, 0.05) is 12.6 Å². The van der Waals surface area contributed by atoms with Crippen molar-refractivity contribution in [2.24, 2.45) is 0 Å². The lowest BCUT2D eigenvalue weighted by molar-refractivity contribution is 0.0697. The van der Waals surface area contributed by atoms with Gasteiger partial charge in [0.1, 0.15) is 0 Å². The number of fused-ring (bicyclic) bond motifs is 2. The zero-order valence-electron chi connectivity index (χ0n) is 15.0. The van der Waals surface area contributed by atoms with Gasteiger partial charge in [-0.25, -0.2) is 4.79 Å². The minimum Gasteiger partial charge on any atom is -0.478 e. The number of nitrogens with one attached hydrogen (secondary N) is 2. The molecule has 0 bridgehead atoms. The minimum atomic E-state index is -1.17. The average Bonchev–Trinajstić information content (AvgIpc) is 2.72. The van der Waals surface area contributed by atoms with Crippen LogP contribution in [0.15, 0.2) is 48.5 Å². The molecule has 0 unspecified atom stereocenters. The topological polar surface area (TPSA) is 87.7 Å². The fourth-order valence-electron chi connectivity index (χ4n) is 3.09. The third kappa shape index (κ3) is 3.48. The fourth-order valence-corrected chi connectivity index (χ4v) is 3.39. The standard InChI is InChI=1S/C21H14Cl2N2O4/c1-24-20(26)12-6-13(21(27)28)19-18(9-12)29-17-8-11(3-5-16(17)25-19)10-2-4-14(22)15(23)7-10/h2-9,25H,1H3,(H,24,26)(H,27,28). The lowest BCUT2D eigenvalue weighted by Crippen LogP contribution is -2.19. The van der Waals surface area contributed by atoms with Gasteiger partial charge < -0.3 is 20.5 Å². The molecule has 1 heterocycles. The van der Waals surface area contributed by atoms with Crippen LogP contribution in [0.2, 0.25) is 10.0 Å². The second-order valence-electron chi connectivity index (χ2n) is 6.35. The molecule has 6 nitrogen and oxygen atoms in total. The smallest absolute Gasteiger partial charge is 0.337 e. The highest BCUT2D eigenvalue weighted by Gasteiger charge is 2.25. The van der Waals surface area contributed by atoms with Crippen LogP contribution in [0.5, 0.6) is 11.5 Å². The highest BCUT2D eigenvalue weighted by molar-refractivity contribution is 6.42. The summed E-state index contributed by atoms with van der Waals surface area (Å²) < 4.78 is 5.95. The van der Waals surface area contributed by atoms with Crippen LogP contribution in [0.25, 0.3) is 11.1 Å². The van der Waals surface area contributed by atoms with Crippen molar-refractivity contribution in [1.29, 1.82) is 0 Å². The van der Waals surface area contributed by atoms with Crippen molar-refractivity contribution in [3.63, 3.8) is 0 Å². The summed E-state index contributed by atoms with van der Waals surface area (Å²) in [7, 11) is 1.47. The third-order valence-corrected chi connectivity index (χ3v) is 5.27. The van der Waals surface area contributed by atoms with Gasteiger partial charge in [0.2, 0.25) is 0 Å². The maximum atomic E-state index is 12.0. The number of hydrogen-bond acceptors (Lipinski definition) is 4. The fraction of sp³-hybridized carbons (Fsp3) is 0.0476. The van der Waals surface area contributed by atoms with Crippen LogP contribution >= 0.6 is 23.2 Å². The Balaban J connectivity index is 1.78. The van der Waals surface area contributed by atoms with Gasteiger partial charge in [0.05, 0.1) is 27.0 Å². The minimum absolute atomic E-state index is 0.0553. The first-order valence-corrected chi connectivity index (χ1v) is 9.30. The summed E-state index contributed by atoms with van der Waals surface area (Å²) >= 11 is 12.1. The van der Waals surface area contributed by atoms with Crippen molar-refractivity contribution in [2.75, 3.05) is 12.4 Å². The number of ether oxygens (including phenoxy) is 1. The second kappa shape index (κ2) is 7.31. The van der Waals surface area contributed by atoms with Gasteiger partial charge in [-0.05, 0) is 47.5 Å². The van der Waals surface area contributed by atoms with E-state index in [0.29, 0.717) is 27.2 Å². The third-order valence-electron chi connectivity index (χ3n) is 4.54. The maximum absolute atomic E-state index is 12.0. The Hall–Kier alpha value is -3.22. The van der Waals surface area contributed by atoms with E-state index in [1.165, 1.54) is 19.2 Å². The summed E-state index contributed by atoms with van der Waals surface area (Å²) in [5.41, 5.74) is 2.72. The van der Waals surface area contributed by atoms with Gasteiger partial charge in [-0.1, -0.05) is 35.3 Å². The van der Waals surface area contributed by atoms with Gasteiger partial charge in [-0.3, -0.25) is 4.79 Å². The van der Waals surface area contributed by atoms with Crippen molar-refractivity contribution in [2.45, 2.75) is 0 Å². The van der Waals surface area contributed by atoms with E-state index in [1.807, 2.05) is 12.1 Å². The molecule has 0 saturated heterocycles. The molecule has 3 N–H and O–H groups in total. The molecule has 3 aromatic carbocycles. The Morgan fingerprint density at radius 2 is 1.69 bits per heavy atom. The number of aromatic carboxylic acids is 1. The van der Waals surface area contributed by atoms with Crippen molar-refractivity contribution >= 4 is 46.5 Å². The molecule has 0 fully saturated rings. The number of halogens is 2. The van der Waals surface area contributed by atoms with Gasteiger partial charge in [-0.2, -0.15) is 0 Å². The predicted molar refractivity (Wildman–Crippen MR) is 112 cm³/mol. The van der Waals surface area contributed by atoms with Crippen LogP contribution in [0.1, 0.15) is 20.7 Å². The number of carbonyl (C=O) groups is 2. The lowest BCUT2D eigenvalue weighted by atomic mass is 10.0. The van der Waals surface area contributed by atoms with Gasteiger partial charge in [0.15, 0.2) is 11.5 Å². The normalized spacial score (nSPS) is 11.6. The number of hydrogen-bond donors (Lipinski definition) is 3. The van der Waals surface area contributed by atoms with E-state index in [0.717, 1.165) is 11.1 Å². The molecule has 1 aliphatic rings. The molecule has 0 spiro atoms. The van der Waals surface area contributed by atoms with E-state index in [-0.39, 0.29) is 16.9 Å². The first-order chi connectivity index (χ1) is 13.9. The molecule has 0 atom stereocenters. The number of amides is 1. The van der Waals surface area contributed by atoms with Crippen molar-refractivity contribution in [3.05, 3.63) is 69.7 Å². The van der Waals surface area contributed by atoms with E-state index < -0.39 is 11.9 Å². The van der Waals surface area contributed by atoms with Crippen LogP contribution in [0.4, 0.5) is 11.4 Å². The predicted octanol–water partition coefficient (Wildman–Crippen LogP) is 5.57. The number of carboxylic acids is 1. The van der Waals surface area contributed by atoms with E-state index >= 15 is 0 Å². The highest BCUT2D eigenvalue weighted by Crippen LogP contribution is 2.45. The Kier molecular flexibility index (Phi) is 4.82. The molecule has 1 amide bonds. The van der Waals surface area contributed by atoms with Crippen LogP contribution in [-0.4, -0.2) is 24.0 Å². The lowest BCUT2D eigenvalue weighted by Gasteiger charge is -2.24. The monoisotopic (exact) mass is 428 g/mol. The number of carboxylic acid groups (broad SMARTS) is 1. The molecule has 29 heavy (non-hydrogen) atoms. The summed E-state index contributed by atoms with van der Waals surface area (Å²) in [5, 5.41) is 16.0. The van der Waals surface area contributed by atoms with E-state index in [2.05, 4.69) is 10.6 Å². The van der Waals surface area contributed by atoms with Crippen molar-refractivity contribution in [1.82, 2.24) is 5.32 Å². The molecule has 0 aromatic heterocycles. The molecule has 0 radical (unpaired) electrons. The van der Waals surface area contributed by atoms with E-state index in [4.69, 9.17) is 27.9 Å². The molecular weight excluding hydrogens is 415 g/mol. The molecule has 3 aromatic rings. The van der Waals surface area contributed by atoms with Gasteiger partial charge >= 0.3 is 5.97 Å². The van der Waals surface area contributed by atoms with Crippen LogP contribution in [0.3, 0.4) is 0 Å². The molecule has 8 heteroatoms. The van der Waals surface area contributed by atoms with E-state index in [1.54, 1.807) is 24.3 Å². The van der Waals surface area contributed by atoms with Crippen LogP contribution in [-0.2, 0) is 0 Å². The second-order valence-corrected chi connectivity index (χ2v) is 7.16. The number of rotatable bonds is 3. The summed E-state index contributed by atoms with van der Waals surface area (Å²) in [4.78, 5) is 23.7. The summed E-state index contributed by atoms with van der Waals surface area (Å²) in [5.74, 6) is -0.831. The molecule has 146 valence electrons. The van der Waals surface area contributed by atoms with Crippen LogP contribution < -0.4 is 15.4 Å². The summed E-state index contributed by atoms with van der Waals surface area (Å²) in [6.07, 6.45) is 0. The van der Waals surface area contributed by atoms with Gasteiger partial charge in [0.25, 0.3) is 5.91 Å². The molecule has 4 rings (SSSR count). The Morgan fingerprint density at radius 1 is 0.966 bits per heavy atom.